The second-order valence-electron chi connectivity index (χ2n) is 9.82. The van der Waals surface area contributed by atoms with Gasteiger partial charge in [-0.3, -0.25) is 14.4 Å². The number of ether oxygens (including phenoxy) is 4. The number of hydrogen-bond acceptors (Lipinski definition) is 8. The van der Waals surface area contributed by atoms with E-state index < -0.39 is 29.8 Å². The Balaban J connectivity index is 1.35. The summed E-state index contributed by atoms with van der Waals surface area (Å²) in [5.41, 5.74) is 2.63. The molecular formula is C30H24N2O7. The molecule has 196 valence electrons. The Morgan fingerprint density at radius 1 is 0.872 bits per heavy atom. The molecule has 0 bridgehead atoms. The summed E-state index contributed by atoms with van der Waals surface area (Å²) >= 11 is 0. The van der Waals surface area contributed by atoms with Crippen LogP contribution in [0.5, 0.6) is 23.0 Å². The summed E-state index contributed by atoms with van der Waals surface area (Å²) in [6.45, 7) is 0.0774. The topological polar surface area (TPSA) is 94.6 Å². The second-order valence-corrected chi connectivity index (χ2v) is 9.82. The fourth-order valence-electron chi connectivity index (χ4n) is 6.30. The largest absolute Gasteiger partial charge is 0.493 e. The van der Waals surface area contributed by atoms with Crippen LogP contribution >= 0.6 is 0 Å². The molecule has 0 spiro atoms. The van der Waals surface area contributed by atoms with E-state index in [-0.39, 0.29) is 18.5 Å². The SMILES string of the molecule is COc1ccc(C(=O)[C@@H]2[C@@H]3C(=O)N(c4ccc5c(c4)OCO5)C(=O)[C@@H]3C3c4ccccc4C=CN32)cc1OC. The van der Waals surface area contributed by atoms with Crippen LogP contribution in [0.3, 0.4) is 0 Å². The molecule has 3 aromatic carbocycles. The first-order valence-corrected chi connectivity index (χ1v) is 12.6. The molecule has 39 heavy (non-hydrogen) atoms. The Hall–Kier alpha value is -4.79. The van der Waals surface area contributed by atoms with Crippen molar-refractivity contribution in [1.29, 1.82) is 0 Å². The van der Waals surface area contributed by atoms with Crippen molar-refractivity contribution >= 4 is 29.4 Å². The number of methoxy groups -OCH3 is 2. The summed E-state index contributed by atoms with van der Waals surface area (Å²) in [4.78, 5) is 45.5. The molecule has 2 saturated heterocycles. The summed E-state index contributed by atoms with van der Waals surface area (Å²) in [5.74, 6) is -0.741. The highest BCUT2D eigenvalue weighted by molar-refractivity contribution is 6.24. The third kappa shape index (κ3) is 3.29. The molecule has 7 rings (SSSR count). The smallest absolute Gasteiger partial charge is 0.240 e. The molecular weight excluding hydrogens is 500 g/mol. The minimum atomic E-state index is -0.891. The van der Waals surface area contributed by atoms with Crippen LogP contribution in [-0.2, 0) is 9.59 Å². The lowest BCUT2D eigenvalue weighted by Crippen LogP contribution is -2.44. The predicted octanol–water partition coefficient (Wildman–Crippen LogP) is 3.83. The van der Waals surface area contributed by atoms with E-state index in [1.165, 1.54) is 19.1 Å². The zero-order valence-electron chi connectivity index (χ0n) is 21.2. The maximum atomic E-state index is 14.2. The monoisotopic (exact) mass is 524 g/mol. The molecule has 9 heteroatoms. The highest BCUT2D eigenvalue weighted by Gasteiger charge is 2.64. The summed E-state index contributed by atoms with van der Waals surface area (Å²) in [6.07, 6.45) is 3.76. The Morgan fingerprint density at radius 3 is 2.46 bits per heavy atom. The lowest BCUT2D eigenvalue weighted by molar-refractivity contribution is -0.123. The number of carbonyl (C=O) groups is 3. The molecule has 0 aliphatic carbocycles. The van der Waals surface area contributed by atoms with Crippen molar-refractivity contribution in [3.05, 3.63) is 83.6 Å². The number of fused-ring (bicyclic) bond motifs is 6. The fourth-order valence-corrected chi connectivity index (χ4v) is 6.30. The van der Waals surface area contributed by atoms with E-state index in [2.05, 4.69) is 0 Å². The van der Waals surface area contributed by atoms with E-state index in [9.17, 15) is 14.4 Å². The maximum absolute atomic E-state index is 14.2. The van der Waals surface area contributed by atoms with Crippen molar-refractivity contribution in [2.75, 3.05) is 25.9 Å². The van der Waals surface area contributed by atoms with Crippen molar-refractivity contribution in [1.82, 2.24) is 4.90 Å². The van der Waals surface area contributed by atoms with Gasteiger partial charge in [0.25, 0.3) is 0 Å². The molecule has 4 atom stereocenters. The molecule has 0 radical (unpaired) electrons. The standard InChI is InChI=1S/C30H24N2O7/c1-36-20-9-7-17(13-22(20)37-2)28(33)27-25-24(26-19-6-4-3-5-16(19)11-12-31(26)27)29(34)32(30(25)35)18-8-10-21-23(14-18)39-15-38-21/h3-14,24-27H,15H2,1-2H3/t24-,25+,26?,27-/m0/s1. The Kier molecular flexibility index (Phi) is 5.16. The zero-order chi connectivity index (χ0) is 26.8. The fraction of sp³-hybridized carbons (Fsp3) is 0.233. The van der Waals surface area contributed by atoms with E-state index in [0.717, 1.165) is 11.1 Å². The van der Waals surface area contributed by atoms with Gasteiger partial charge in [0, 0.05) is 17.8 Å². The van der Waals surface area contributed by atoms with Crippen LogP contribution in [0.15, 0.2) is 66.9 Å². The van der Waals surface area contributed by atoms with Crippen molar-refractivity contribution in [2.24, 2.45) is 11.8 Å². The molecule has 9 nitrogen and oxygen atoms in total. The summed E-state index contributed by atoms with van der Waals surface area (Å²) in [6, 6.07) is 16.3. The van der Waals surface area contributed by atoms with Gasteiger partial charge in [-0.25, -0.2) is 4.90 Å². The van der Waals surface area contributed by atoms with Gasteiger partial charge in [0.2, 0.25) is 18.6 Å². The van der Waals surface area contributed by atoms with Gasteiger partial charge in [0.05, 0.1) is 37.8 Å². The van der Waals surface area contributed by atoms with Gasteiger partial charge < -0.3 is 23.8 Å². The number of anilines is 1. The Morgan fingerprint density at radius 2 is 1.64 bits per heavy atom. The quantitative estimate of drug-likeness (QED) is 0.367. The van der Waals surface area contributed by atoms with Crippen molar-refractivity contribution < 1.29 is 33.3 Å². The highest BCUT2D eigenvalue weighted by Crippen LogP contribution is 2.54. The normalized spacial score (nSPS) is 23.9. The average Bonchev–Trinajstić information content (AvgIpc) is 3.64. The van der Waals surface area contributed by atoms with Gasteiger partial charge in [-0.2, -0.15) is 0 Å². The van der Waals surface area contributed by atoms with Crippen LogP contribution in [-0.4, -0.2) is 49.6 Å². The number of nitrogens with zero attached hydrogens (tertiary/aromatic N) is 2. The van der Waals surface area contributed by atoms with Crippen LogP contribution in [0, 0.1) is 11.8 Å². The molecule has 2 fully saturated rings. The molecule has 4 aliphatic rings. The molecule has 4 heterocycles. The van der Waals surface area contributed by atoms with E-state index >= 15 is 0 Å². The lowest BCUT2D eigenvalue weighted by atomic mass is 9.83. The van der Waals surface area contributed by atoms with Crippen LogP contribution in [0.25, 0.3) is 6.08 Å². The molecule has 0 aromatic heterocycles. The predicted molar refractivity (Wildman–Crippen MR) is 140 cm³/mol. The average molecular weight is 525 g/mol. The first-order valence-electron chi connectivity index (χ1n) is 12.6. The Bertz CT molecular complexity index is 1580. The number of imide groups is 1. The molecule has 3 aromatic rings. The number of ketones is 1. The number of hydrogen-bond donors (Lipinski definition) is 0. The van der Waals surface area contributed by atoms with Crippen molar-refractivity contribution in [3.8, 4) is 23.0 Å². The third-order valence-corrected chi connectivity index (χ3v) is 8.01. The third-order valence-electron chi connectivity index (χ3n) is 8.01. The number of benzene rings is 3. The van der Waals surface area contributed by atoms with Crippen LogP contribution in [0.2, 0.25) is 0 Å². The summed E-state index contributed by atoms with van der Waals surface area (Å²) < 4.78 is 21.6. The number of rotatable bonds is 5. The summed E-state index contributed by atoms with van der Waals surface area (Å²) in [7, 11) is 3.02. The number of carbonyl (C=O) groups excluding carboxylic acids is 3. The second kappa shape index (κ2) is 8.62. The van der Waals surface area contributed by atoms with Crippen LogP contribution in [0.4, 0.5) is 5.69 Å². The van der Waals surface area contributed by atoms with E-state index in [1.54, 1.807) is 36.4 Å². The van der Waals surface area contributed by atoms with E-state index in [1.807, 2.05) is 41.4 Å². The van der Waals surface area contributed by atoms with Gasteiger partial charge >= 0.3 is 0 Å². The first kappa shape index (κ1) is 23.3. The Labute approximate surface area is 224 Å². The van der Waals surface area contributed by atoms with E-state index in [4.69, 9.17) is 18.9 Å². The molecule has 2 amide bonds. The van der Waals surface area contributed by atoms with Gasteiger partial charge in [-0.15, -0.1) is 0 Å². The van der Waals surface area contributed by atoms with Crippen LogP contribution < -0.4 is 23.8 Å². The minimum Gasteiger partial charge on any atom is -0.493 e. The van der Waals surface area contributed by atoms with Crippen molar-refractivity contribution in [3.63, 3.8) is 0 Å². The molecule has 4 aliphatic heterocycles. The molecule has 0 N–H and O–H groups in total. The van der Waals surface area contributed by atoms with Crippen molar-refractivity contribution in [2.45, 2.75) is 12.1 Å². The first-order chi connectivity index (χ1) is 19.0. The van der Waals surface area contributed by atoms with E-state index in [0.29, 0.717) is 34.2 Å². The summed E-state index contributed by atoms with van der Waals surface area (Å²) in [5, 5.41) is 0. The molecule has 0 saturated carbocycles. The molecule has 1 unspecified atom stereocenters. The van der Waals surface area contributed by atoms with Gasteiger partial charge in [0.15, 0.2) is 28.8 Å². The number of Topliss-reactive ketones (excluding diaryl/α,β-unsaturated/α-hetero) is 1. The van der Waals surface area contributed by atoms with Crippen LogP contribution in [0.1, 0.15) is 27.5 Å². The zero-order valence-corrected chi connectivity index (χ0v) is 21.2. The lowest BCUT2D eigenvalue weighted by Gasteiger charge is -2.35. The van der Waals surface area contributed by atoms with Gasteiger partial charge in [-0.1, -0.05) is 24.3 Å². The number of amides is 2. The minimum absolute atomic E-state index is 0.0774. The maximum Gasteiger partial charge on any atom is 0.240 e. The highest BCUT2D eigenvalue weighted by atomic mass is 16.7. The van der Waals surface area contributed by atoms with Gasteiger partial charge in [0.1, 0.15) is 6.04 Å². The van der Waals surface area contributed by atoms with Gasteiger partial charge in [-0.05, 0) is 47.5 Å².